The van der Waals surface area contributed by atoms with Gasteiger partial charge in [-0.2, -0.15) is 0 Å². The number of thioether (sulfide) groups is 1. The van der Waals surface area contributed by atoms with E-state index in [9.17, 15) is 0 Å². The second kappa shape index (κ2) is 5.60. The van der Waals surface area contributed by atoms with Crippen LogP contribution in [0.5, 0.6) is 0 Å². The van der Waals surface area contributed by atoms with Gasteiger partial charge in [-0.05, 0) is 24.5 Å². The number of anilines is 1. The van der Waals surface area contributed by atoms with Gasteiger partial charge in [0, 0.05) is 17.4 Å². The molecule has 0 radical (unpaired) electrons. The minimum Gasteiger partial charge on any atom is -0.399 e. The molecule has 0 spiro atoms. The third kappa shape index (κ3) is 2.52. The van der Waals surface area contributed by atoms with E-state index >= 15 is 0 Å². The van der Waals surface area contributed by atoms with Crippen LogP contribution in [0.4, 0.5) is 5.69 Å². The summed E-state index contributed by atoms with van der Waals surface area (Å²) in [5.41, 5.74) is 11.2. The highest BCUT2D eigenvalue weighted by Gasteiger charge is 2.13. The first-order valence-electron chi connectivity index (χ1n) is 5.95. The van der Waals surface area contributed by atoms with E-state index in [1.165, 1.54) is 11.8 Å². The molecule has 0 aliphatic carbocycles. The van der Waals surface area contributed by atoms with Crippen molar-refractivity contribution < 1.29 is 0 Å². The van der Waals surface area contributed by atoms with Crippen LogP contribution in [0.15, 0.2) is 47.2 Å². The average molecular weight is 300 g/mol. The molecular weight excluding hydrogens is 288 g/mol. The molecule has 6 heteroatoms. The van der Waals surface area contributed by atoms with Gasteiger partial charge in [0.2, 0.25) is 0 Å². The fourth-order valence-corrected chi connectivity index (χ4v) is 3.02. The van der Waals surface area contributed by atoms with Crippen LogP contribution in [0, 0.1) is 0 Å². The van der Waals surface area contributed by atoms with Gasteiger partial charge in [0.15, 0.2) is 5.16 Å². The van der Waals surface area contributed by atoms with Gasteiger partial charge in [0.05, 0.1) is 21.8 Å². The molecule has 0 bridgehead atoms. The number of nitrogens with two attached hydrogens (primary N) is 1. The highest BCUT2D eigenvalue weighted by molar-refractivity contribution is 7.98. The van der Waals surface area contributed by atoms with Gasteiger partial charge >= 0.3 is 0 Å². The van der Waals surface area contributed by atoms with E-state index in [1.54, 1.807) is 17.5 Å². The number of nitrogens with zero attached hydrogens (tertiary/aromatic N) is 3. The van der Waals surface area contributed by atoms with Crippen LogP contribution < -0.4 is 5.73 Å². The Morgan fingerprint density at radius 2 is 2.10 bits per heavy atom. The van der Waals surface area contributed by atoms with Crippen molar-refractivity contribution in [1.82, 2.24) is 15.0 Å². The topological polar surface area (TPSA) is 64.7 Å². The normalized spacial score (nSPS) is 10.7. The zero-order valence-electron chi connectivity index (χ0n) is 10.8. The van der Waals surface area contributed by atoms with E-state index in [-0.39, 0.29) is 0 Å². The van der Waals surface area contributed by atoms with Crippen molar-refractivity contribution >= 4 is 28.8 Å². The number of thiazole rings is 1. The Morgan fingerprint density at radius 1 is 1.20 bits per heavy atom. The number of benzene rings is 1. The van der Waals surface area contributed by atoms with Crippen molar-refractivity contribution in [3.63, 3.8) is 0 Å². The maximum absolute atomic E-state index is 5.85. The lowest BCUT2D eigenvalue weighted by Gasteiger charge is -2.04. The van der Waals surface area contributed by atoms with Gasteiger partial charge in [-0.1, -0.05) is 23.9 Å². The molecule has 0 saturated carbocycles. The second-order valence-electron chi connectivity index (χ2n) is 4.08. The minimum absolute atomic E-state index is 0.731. The average Bonchev–Trinajstić information content (AvgIpc) is 2.97. The predicted molar refractivity (Wildman–Crippen MR) is 84.8 cm³/mol. The molecule has 0 amide bonds. The lowest BCUT2D eigenvalue weighted by atomic mass is 10.1. The molecular formula is C14H12N4S2. The van der Waals surface area contributed by atoms with Crippen LogP contribution in [0.1, 0.15) is 0 Å². The first kappa shape index (κ1) is 13.1. The van der Waals surface area contributed by atoms with Crippen LogP contribution in [0.2, 0.25) is 0 Å². The molecule has 2 aromatic heterocycles. The SMILES string of the molecule is CSc1nccc(-c2scnc2-c2cccc(N)c2)n1. The molecule has 1 aromatic carbocycles. The first-order chi connectivity index (χ1) is 9.78. The molecule has 4 nitrogen and oxygen atoms in total. The molecule has 0 atom stereocenters. The molecule has 3 rings (SSSR count). The molecule has 20 heavy (non-hydrogen) atoms. The molecule has 0 aliphatic heterocycles. The smallest absolute Gasteiger partial charge is 0.187 e. The molecule has 0 aliphatic rings. The van der Waals surface area contributed by atoms with E-state index < -0.39 is 0 Å². The Morgan fingerprint density at radius 3 is 2.90 bits per heavy atom. The highest BCUT2D eigenvalue weighted by atomic mass is 32.2. The van der Waals surface area contributed by atoms with E-state index in [0.29, 0.717) is 0 Å². The predicted octanol–water partition coefficient (Wildman–Crippen LogP) is 3.57. The molecule has 2 N–H and O–H groups in total. The van der Waals surface area contributed by atoms with Crippen molar-refractivity contribution in [2.75, 3.05) is 12.0 Å². The van der Waals surface area contributed by atoms with Crippen molar-refractivity contribution in [3.05, 3.63) is 42.0 Å². The number of aromatic nitrogens is 3. The number of hydrogen-bond acceptors (Lipinski definition) is 6. The lowest BCUT2D eigenvalue weighted by Crippen LogP contribution is -1.90. The second-order valence-corrected chi connectivity index (χ2v) is 5.71. The number of nitrogen functional groups attached to an aromatic ring is 1. The van der Waals surface area contributed by atoms with Gasteiger partial charge in [0.25, 0.3) is 0 Å². The van der Waals surface area contributed by atoms with E-state index in [2.05, 4.69) is 15.0 Å². The standard InChI is InChI=1S/C14H12N4S2/c1-19-14-16-6-5-11(18-14)13-12(17-8-20-13)9-3-2-4-10(15)7-9/h2-8H,15H2,1H3. The Kier molecular flexibility index (Phi) is 3.66. The minimum atomic E-state index is 0.731. The van der Waals surface area contributed by atoms with Crippen molar-refractivity contribution in [3.8, 4) is 21.8 Å². The Bertz CT molecular complexity index is 739. The lowest BCUT2D eigenvalue weighted by molar-refractivity contribution is 0.978. The number of rotatable bonds is 3. The summed E-state index contributed by atoms with van der Waals surface area (Å²) in [6, 6.07) is 9.64. The van der Waals surface area contributed by atoms with Crippen LogP contribution >= 0.6 is 23.1 Å². The van der Waals surface area contributed by atoms with Crippen LogP contribution in [0.25, 0.3) is 21.8 Å². The zero-order chi connectivity index (χ0) is 13.9. The summed E-state index contributed by atoms with van der Waals surface area (Å²) in [6.45, 7) is 0. The summed E-state index contributed by atoms with van der Waals surface area (Å²) in [4.78, 5) is 14.2. The maximum Gasteiger partial charge on any atom is 0.187 e. The highest BCUT2D eigenvalue weighted by Crippen LogP contribution is 2.34. The third-order valence-electron chi connectivity index (χ3n) is 2.78. The van der Waals surface area contributed by atoms with E-state index in [4.69, 9.17) is 5.73 Å². The van der Waals surface area contributed by atoms with E-state index in [0.717, 1.165) is 32.7 Å². The third-order valence-corrected chi connectivity index (χ3v) is 4.19. The molecule has 0 saturated heterocycles. The summed E-state index contributed by atoms with van der Waals surface area (Å²) in [7, 11) is 0. The Labute approximate surface area is 125 Å². The summed E-state index contributed by atoms with van der Waals surface area (Å²) in [5, 5.41) is 0.759. The maximum atomic E-state index is 5.85. The Hall–Kier alpha value is -1.92. The fourth-order valence-electron chi connectivity index (χ4n) is 1.89. The quantitative estimate of drug-likeness (QED) is 0.455. The van der Waals surface area contributed by atoms with Gasteiger partial charge in [-0.25, -0.2) is 15.0 Å². The van der Waals surface area contributed by atoms with Gasteiger partial charge < -0.3 is 5.73 Å². The van der Waals surface area contributed by atoms with Crippen molar-refractivity contribution in [1.29, 1.82) is 0 Å². The van der Waals surface area contributed by atoms with Crippen molar-refractivity contribution in [2.45, 2.75) is 5.16 Å². The fraction of sp³-hybridized carbons (Fsp3) is 0.0714. The number of hydrogen-bond donors (Lipinski definition) is 1. The molecule has 0 unspecified atom stereocenters. The van der Waals surface area contributed by atoms with Gasteiger partial charge in [0.1, 0.15) is 0 Å². The first-order valence-corrected chi connectivity index (χ1v) is 8.05. The molecule has 3 aromatic rings. The summed E-state index contributed by atoms with van der Waals surface area (Å²) in [6.07, 6.45) is 3.74. The van der Waals surface area contributed by atoms with Gasteiger partial charge in [-0.3, -0.25) is 0 Å². The Balaban J connectivity index is 2.10. The summed E-state index contributed by atoms with van der Waals surface area (Å²) in [5.74, 6) is 0. The van der Waals surface area contributed by atoms with Crippen LogP contribution in [0.3, 0.4) is 0 Å². The molecule has 0 fully saturated rings. The largest absolute Gasteiger partial charge is 0.399 e. The van der Waals surface area contributed by atoms with Gasteiger partial charge in [-0.15, -0.1) is 11.3 Å². The zero-order valence-corrected chi connectivity index (χ0v) is 12.4. The molecule has 2 heterocycles. The molecule has 100 valence electrons. The summed E-state index contributed by atoms with van der Waals surface area (Å²) < 4.78 is 0. The van der Waals surface area contributed by atoms with Crippen molar-refractivity contribution in [2.24, 2.45) is 0 Å². The van der Waals surface area contributed by atoms with E-state index in [1.807, 2.05) is 42.1 Å². The van der Waals surface area contributed by atoms with Crippen LogP contribution in [-0.2, 0) is 0 Å². The summed E-state index contributed by atoms with van der Waals surface area (Å²) >= 11 is 3.10. The van der Waals surface area contributed by atoms with Crippen LogP contribution in [-0.4, -0.2) is 21.2 Å². The monoisotopic (exact) mass is 300 g/mol.